The van der Waals surface area contributed by atoms with Crippen molar-refractivity contribution in [2.75, 3.05) is 32.7 Å². The Morgan fingerprint density at radius 2 is 2.00 bits per heavy atom. The molecule has 0 amide bonds. The van der Waals surface area contributed by atoms with Crippen LogP contribution in [0.1, 0.15) is 19.4 Å². The van der Waals surface area contributed by atoms with E-state index in [0.29, 0.717) is 0 Å². The lowest BCUT2D eigenvalue weighted by Crippen LogP contribution is -2.43. The maximum absolute atomic E-state index is 4.18. The van der Waals surface area contributed by atoms with E-state index in [2.05, 4.69) is 35.1 Å². The summed E-state index contributed by atoms with van der Waals surface area (Å²) in [5, 5.41) is 3.54. The SMILES string of the molecule is CC1CNCC(C)CN(CCc2cccnc2)C1. The van der Waals surface area contributed by atoms with Gasteiger partial charge >= 0.3 is 0 Å². The molecule has 0 saturated carbocycles. The molecule has 100 valence electrons. The second-order valence-electron chi connectivity index (χ2n) is 5.74. The van der Waals surface area contributed by atoms with E-state index in [1.54, 1.807) is 0 Å². The number of hydrogen-bond donors (Lipinski definition) is 1. The number of aromatic nitrogens is 1. The molecule has 1 aromatic rings. The summed E-state index contributed by atoms with van der Waals surface area (Å²) in [5.41, 5.74) is 1.35. The molecule has 3 heteroatoms. The van der Waals surface area contributed by atoms with Gasteiger partial charge in [0.1, 0.15) is 0 Å². The first kappa shape index (κ1) is 13.5. The highest BCUT2D eigenvalue weighted by Gasteiger charge is 2.16. The Bertz CT molecular complexity index is 327. The maximum Gasteiger partial charge on any atom is 0.0300 e. The van der Waals surface area contributed by atoms with E-state index >= 15 is 0 Å². The minimum Gasteiger partial charge on any atom is -0.316 e. The third-order valence-electron chi connectivity index (χ3n) is 3.56. The zero-order valence-corrected chi connectivity index (χ0v) is 11.6. The van der Waals surface area contributed by atoms with Gasteiger partial charge in [0.25, 0.3) is 0 Å². The molecule has 1 aliphatic heterocycles. The summed E-state index contributed by atoms with van der Waals surface area (Å²) >= 11 is 0. The fourth-order valence-corrected chi connectivity index (χ4v) is 2.68. The largest absolute Gasteiger partial charge is 0.316 e. The zero-order valence-electron chi connectivity index (χ0n) is 11.6. The Hall–Kier alpha value is -0.930. The van der Waals surface area contributed by atoms with Gasteiger partial charge in [-0.15, -0.1) is 0 Å². The van der Waals surface area contributed by atoms with E-state index in [4.69, 9.17) is 0 Å². The molecular formula is C15H25N3. The number of rotatable bonds is 3. The van der Waals surface area contributed by atoms with Crippen LogP contribution >= 0.6 is 0 Å². The lowest BCUT2D eigenvalue weighted by molar-refractivity contribution is 0.187. The van der Waals surface area contributed by atoms with E-state index < -0.39 is 0 Å². The molecule has 1 aliphatic rings. The zero-order chi connectivity index (χ0) is 12.8. The van der Waals surface area contributed by atoms with Crippen LogP contribution in [-0.2, 0) is 6.42 Å². The topological polar surface area (TPSA) is 28.2 Å². The van der Waals surface area contributed by atoms with Crippen molar-refractivity contribution < 1.29 is 0 Å². The molecule has 2 atom stereocenters. The highest BCUT2D eigenvalue weighted by Crippen LogP contribution is 2.09. The Kier molecular flexibility index (Phi) is 5.14. The first-order valence-corrected chi connectivity index (χ1v) is 7.06. The van der Waals surface area contributed by atoms with Crippen molar-refractivity contribution in [3.05, 3.63) is 30.1 Å². The molecule has 1 aromatic heterocycles. The van der Waals surface area contributed by atoms with Gasteiger partial charge in [0.15, 0.2) is 0 Å². The quantitative estimate of drug-likeness (QED) is 0.883. The first-order valence-electron chi connectivity index (χ1n) is 7.06. The Labute approximate surface area is 111 Å². The van der Waals surface area contributed by atoms with E-state index in [1.165, 1.54) is 18.7 Å². The molecule has 0 aromatic carbocycles. The van der Waals surface area contributed by atoms with Gasteiger partial charge in [-0.3, -0.25) is 4.98 Å². The minimum atomic E-state index is 0.742. The predicted molar refractivity (Wildman–Crippen MR) is 75.6 cm³/mol. The molecule has 18 heavy (non-hydrogen) atoms. The van der Waals surface area contributed by atoms with Gasteiger partial charge in [-0.2, -0.15) is 0 Å². The summed E-state index contributed by atoms with van der Waals surface area (Å²) in [4.78, 5) is 6.80. The summed E-state index contributed by atoms with van der Waals surface area (Å²) in [6.45, 7) is 10.5. The van der Waals surface area contributed by atoms with E-state index in [0.717, 1.165) is 37.9 Å². The lowest BCUT2D eigenvalue weighted by Gasteiger charge is -2.31. The molecule has 0 aliphatic carbocycles. The van der Waals surface area contributed by atoms with Gasteiger partial charge < -0.3 is 10.2 Å². The predicted octanol–water partition coefficient (Wildman–Crippen LogP) is 1.80. The van der Waals surface area contributed by atoms with Crippen molar-refractivity contribution in [1.29, 1.82) is 0 Å². The number of nitrogens with one attached hydrogen (secondary N) is 1. The van der Waals surface area contributed by atoms with Crippen LogP contribution in [0.25, 0.3) is 0 Å². The Balaban J connectivity index is 1.85. The molecule has 0 bridgehead atoms. The number of hydrogen-bond acceptors (Lipinski definition) is 3. The van der Waals surface area contributed by atoms with Gasteiger partial charge in [-0.05, 0) is 43.0 Å². The molecule has 3 nitrogen and oxygen atoms in total. The van der Waals surface area contributed by atoms with Crippen molar-refractivity contribution in [1.82, 2.24) is 15.2 Å². The molecule has 1 fully saturated rings. The van der Waals surface area contributed by atoms with Crippen LogP contribution in [0.15, 0.2) is 24.5 Å². The third-order valence-corrected chi connectivity index (χ3v) is 3.56. The van der Waals surface area contributed by atoms with Gasteiger partial charge in [-0.25, -0.2) is 0 Å². The van der Waals surface area contributed by atoms with E-state index in [9.17, 15) is 0 Å². The van der Waals surface area contributed by atoms with Crippen molar-refractivity contribution in [2.45, 2.75) is 20.3 Å². The summed E-state index contributed by atoms with van der Waals surface area (Å²) in [6.07, 6.45) is 4.94. The van der Waals surface area contributed by atoms with Crippen LogP contribution in [0, 0.1) is 11.8 Å². The molecule has 2 unspecified atom stereocenters. The maximum atomic E-state index is 4.18. The second kappa shape index (κ2) is 6.86. The van der Waals surface area contributed by atoms with Crippen molar-refractivity contribution >= 4 is 0 Å². The highest BCUT2D eigenvalue weighted by molar-refractivity contribution is 5.08. The molecule has 0 spiro atoms. The van der Waals surface area contributed by atoms with Gasteiger partial charge in [0.05, 0.1) is 0 Å². The minimum absolute atomic E-state index is 0.742. The number of nitrogens with zero attached hydrogens (tertiary/aromatic N) is 2. The van der Waals surface area contributed by atoms with Crippen LogP contribution < -0.4 is 5.32 Å². The standard InChI is InChI=1S/C15H25N3/c1-13-8-17-9-14(2)12-18(11-13)7-5-15-4-3-6-16-10-15/h3-4,6,10,13-14,17H,5,7-9,11-12H2,1-2H3. The number of pyridine rings is 1. The fourth-order valence-electron chi connectivity index (χ4n) is 2.68. The fraction of sp³-hybridized carbons (Fsp3) is 0.667. The third kappa shape index (κ3) is 4.39. The second-order valence-corrected chi connectivity index (χ2v) is 5.74. The normalized spacial score (nSPS) is 26.6. The average Bonchev–Trinajstić information content (AvgIpc) is 2.35. The van der Waals surface area contributed by atoms with Crippen molar-refractivity contribution in [3.63, 3.8) is 0 Å². The molecule has 0 radical (unpaired) electrons. The smallest absolute Gasteiger partial charge is 0.0300 e. The van der Waals surface area contributed by atoms with Gasteiger partial charge in [0, 0.05) is 32.0 Å². The summed E-state index contributed by atoms with van der Waals surface area (Å²) in [6, 6.07) is 4.20. The van der Waals surface area contributed by atoms with E-state index in [1.807, 2.05) is 18.5 Å². The van der Waals surface area contributed by atoms with Crippen LogP contribution in [0.5, 0.6) is 0 Å². The Morgan fingerprint density at radius 1 is 1.28 bits per heavy atom. The molecule has 2 rings (SSSR count). The summed E-state index contributed by atoms with van der Waals surface area (Å²) < 4.78 is 0. The van der Waals surface area contributed by atoms with Gasteiger partial charge in [-0.1, -0.05) is 19.9 Å². The van der Waals surface area contributed by atoms with E-state index in [-0.39, 0.29) is 0 Å². The van der Waals surface area contributed by atoms with Crippen molar-refractivity contribution in [2.24, 2.45) is 11.8 Å². The average molecular weight is 247 g/mol. The Morgan fingerprint density at radius 3 is 2.61 bits per heavy atom. The molecule has 2 heterocycles. The van der Waals surface area contributed by atoms with Gasteiger partial charge in [0.2, 0.25) is 0 Å². The lowest BCUT2D eigenvalue weighted by atomic mass is 10.0. The molecule has 1 saturated heterocycles. The van der Waals surface area contributed by atoms with Crippen molar-refractivity contribution in [3.8, 4) is 0 Å². The van der Waals surface area contributed by atoms with Crippen LogP contribution in [0.3, 0.4) is 0 Å². The summed E-state index contributed by atoms with van der Waals surface area (Å²) in [7, 11) is 0. The summed E-state index contributed by atoms with van der Waals surface area (Å²) in [5.74, 6) is 1.48. The monoisotopic (exact) mass is 247 g/mol. The molecular weight excluding hydrogens is 222 g/mol. The van der Waals surface area contributed by atoms with Crippen LogP contribution in [0.2, 0.25) is 0 Å². The highest BCUT2D eigenvalue weighted by atomic mass is 15.1. The van der Waals surface area contributed by atoms with Crippen LogP contribution in [-0.4, -0.2) is 42.6 Å². The first-order chi connectivity index (χ1) is 8.74. The molecule has 1 N–H and O–H groups in total. The van der Waals surface area contributed by atoms with Crippen LogP contribution in [0.4, 0.5) is 0 Å².